The summed E-state index contributed by atoms with van der Waals surface area (Å²) in [5, 5.41) is 30.1. The Bertz CT molecular complexity index is 916. The third-order valence-electron chi connectivity index (χ3n) is 3.16. The van der Waals surface area contributed by atoms with Gasteiger partial charge in [-0.05, 0) is 36.4 Å². The van der Waals surface area contributed by atoms with Crippen molar-refractivity contribution in [1.82, 2.24) is 5.43 Å². The van der Waals surface area contributed by atoms with E-state index in [1.807, 2.05) is 0 Å². The zero-order valence-electron chi connectivity index (χ0n) is 13.8. The van der Waals surface area contributed by atoms with E-state index in [4.69, 9.17) is 0 Å². The van der Waals surface area contributed by atoms with Crippen molar-refractivity contribution in [2.24, 2.45) is 15.3 Å². The van der Waals surface area contributed by atoms with Crippen LogP contribution in [0, 0.1) is 0 Å². The van der Waals surface area contributed by atoms with Crippen LogP contribution in [0.4, 0.5) is 5.69 Å². The number of phenolic OH excluding ortho intramolecular Hbond substituents is 2. The number of hydrogen-bond acceptors (Lipinski definition) is 6. The highest BCUT2D eigenvalue weighted by atomic mass is 79.9. The second kappa shape index (κ2) is 9.93. The Kier molecular flexibility index (Phi) is 7.62. The summed E-state index contributed by atoms with van der Waals surface area (Å²) >= 11 is 6.48. The fourth-order valence-electron chi connectivity index (χ4n) is 1.82. The summed E-state index contributed by atoms with van der Waals surface area (Å²) in [6.07, 6.45) is 0.988. The lowest BCUT2D eigenvalue weighted by Gasteiger charge is -2.00. The maximum atomic E-state index is 11.7. The normalized spacial score (nSPS) is 11.2. The second-order valence-electron chi connectivity index (χ2n) is 5.22. The Labute approximate surface area is 171 Å². The average molecular weight is 498 g/mol. The molecule has 2 aromatic carbocycles. The van der Waals surface area contributed by atoms with Crippen LogP contribution in [-0.4, -0.2) is 28.2 Å². The van der Waals surface area contributed by atoms with Gasteiger partial charge >= 0.3 is 0 Å². The summed E-state index contributed by atoms with van der Waals surface area (Å²) in [6.45, 7) is 0. The van der Waals surface area contributed by atoms with Gasteiger partial charge in [0.1, 0.15) is 17.2 Å². The predicted octanol–water partition coefficient (Wildman–Crippen LogP) is 4.16. The minimum Gasteiger partial charge on any atom is -0.507 e. The molecular weight excluding hydrogens is 484 g/mol. The lowest BCUT2D eigenvalue weighted by atomic mass is 10.2. The lowest BCUT2D eigenvalue weighted by molar-refractivity contribution is -0.125. The Hall–Kier alpha value is -2.59. The zero-order chi connectivity index (χ0) is 19.8. The number of nitrogens with zero attached hydrogens (tertiary/aromatic N) is 3. The molecule has 0 aromatic heterocycles. The molecular formula is C17H14Br2N4O4. The molecule has 2 aromatic rings. The number of halogens is 2. The van der Waals surface area contributed by atoms with Gasteiger partial charge in [-0.1, -0.05) is 31.9 Å². The SMILES string of the molecule is O=C(CCC(=O)N/N=C\c1cc(Br)ccc1O)N=Nc1cc(Br)ccc1O. The van der Waals surface area contributed by atoms with Crippen molar-refractivity contribution >= 4 is 55.6 Å². The molecule has 0 atom stereocenters. The molecule has 0 fully saturated rings. The van der Waals surface area contributed by atoms with E-state index in [1.165, 1.54) is 24.4 Å². The van der Waals surface area contributed by atoms with Gasteiger partial charge in [0.15, 0.2) is 0 Å². The summed E-state index contributed by atoms with van der Waals surface area (Å²) in [5.74, 6) is -1.20. The first-order valence-electron chi connectivity index (χ1n) is 7.58. The Morgan fingerprint density at radius 3 is 2.41 bits per heavy atom. The van der Waals surface area contributed by atoms with E-state index in [-0.39, 0.29) is 30.0 Å². The molecule has 0 radical (unpaired) electrons. The third kappa shape index (κ3) is 6.91. The molecule has 2 amide bonds. The van der Waals surface area contributed by atoms with Crippen LogP contribution in [0.3, 0.4) is 0 Å². The van der Waals surface area contributed by atoms with Crippen LogP contribution < -0.4 is 5.43 Å². The highest BCUT2D eigenvalue weighted by Crippen LogP contribution is 2.29. The standard InChI is InChI=1S/C17H14Br2N4O4/c18-11-1-3-14(24)10(7-11)9-20-22-16(26)5-6-17(27)23-21-13-8-12(19)2-4-15(13)25/h1-4,7-9,24-25H,5-6H2,(H,22,26)/b20-9-,23-21?. The molecule has 0 saturated heterocycles. The van der Waals surface area contributed by atoms with Gasteiger partial charge < -0.3 is 10.2 Å². The highest BCUT2D eigenvalue weighted by molar-refractivity contribution is 9.10. The van der Waals surface area contributed by atoms with Gasteiger partial charge in [-0.15, -0.1) is 10.2 Å². The summed E-state index contributed by atoms with van der Waals surface area (Å²) in [4.78, 5) is 23.4. The Morgan fingerprint density at radius 1 is 1.00 bits per heavy atom. The largest absolute Gasteiger partial charge is 0.507 e. The van der Waals surface area contributed by atoms with Crippen molar-refractivity contribution in [2.75, 3.05) is 0 Å². The number of nitrogens with one attached hydrogen (secondary N) is 1. The van der Waals surface area contributed by atoms with E-state index >= 15 is 0 Å². The third-order valence-corrected chi connectivity index (χ3v) is 4.14. The maximum absolute atomic E-state index is 11.7. The van der Waals surface area contributed by atoms with E-state index in [2.05, 4.69) is 52.6 Å². The molecule has 10 heteroatoms. The fraction of sp³-hybridized carbons (Fsp3) is 0.118. The van der Waals surface area contributed by atoms with Crippen molar-refractivity contribution in [2.45, 2.75) is 12.8 Å². The van der Waals surface area contributed by atoms with Crippen molar-refractivity contribution in [3.63, 3.8) is 0 Å². The Balaban J connectivity index is 1.82. The van der Waals surface area contributed by atoms with Gasteiger partial charge in [0.25, 0.3) is 5.91 Å². The smallest absolute Gasteiger partial charge is 0.265 e. The van der Waals surface area contributed by atoms with Gasteiger partial charge in [-0.25, -0.2) is 5.43 Å². The summed E-state index contributed by atoms with van der Waals surface area (Å²) in [7, 11) is 0. The molecule has 0 aliphatic heterocycles. The molecule has 0 saturated carbocycles. The first-order valence-corrected chi connectivity index (χ1v) is 9.17. The molecule has 0 heterocycles. The van der Waals surface area contributed by atoms with Gasteiger partial charge in [0, 0.05) is 27.4 Å². The zero-order valence-corrected chi connectivity index (χ0v) is 16.9. The van der Waals surface area contributed by atoms with Crippen LogP contribution in [0.25, 0.3) is 0 Å². The molecule has 8 nitrogen and oxygen atoms in total. The summed E-state index contributed by atoms with van der Waals surface area (Å²) in [5.41, 5.74) is 2.82. The van der Waals surface area contributed by atoms with Crippen LogP contribution in [0.15, 0.2) is 60.7 Å². The van der Waals surface area contributed by atoms with Crippen LogP contribution in [0.5, 0.6) is 11.5 Å². The number of phenols is 2. The molecule has 2 rings (SSSR count). The number of rotatable bonds is 6. The number of carbonyl (C=O) groups excluding carboxylic acids is 2. The van der Waals surface area contributed by atoms with Crippen molar-refractivity contribution in [3.8, 4) is 11.5 Å². The first kappa shape index (κ1) is 20.7. The van der Waals surface area contributed by atoms with E-state index < -0.39 is 11.8 Å². The van der Waals surface area contributed by atoms with Gasteiger partial charge in [-0.3, -0.25) is 9.59 Å². The van der Waals surface area contributed by atoms with E-state index in [0.717, 1.165) is 4.47 Å². The number of aromatic hydroxyl groups is 2. The van der Waals surface area contributed by atoms with Crippen LogP contribution in [-0.2, 0) is 9.59 Å². The number of carbonyl (C=O) groups is 2. The van der Waals surface area contributed by atoms with E-state index in [0.29, 0.717) is 10.0 Å². The molecule has 3 N–H and O–H groups in total. The molecule has 0 aliphatic carbocycles. The molecule has 27 heavy (non-hydrogen) atoms. The van der Waals surface area contributed by atoms with Crippen molar-refractivity contribution in [3.05, 3.63) is 50.9 Å². The number of benzene rings is 2. The predicted molar refractivity (Wildman–Crippen MR) is 106 cm³/mol. The minimum atomic E-state index is -0.613. The molecule has 0 spiro atoms. The Morgan fingerprint density at radius 2 is 1.67 bits per heavy atom. The first-order chi connectivity index (χ1) is 12.8. The lowest BCUT2D eigenvalue weighted by Crippen LogP contribution is -2.18. The minimum absolute atomic E-state index is 0.0163. The number of azo groups is 1. The van der Waals surface area contributed by atoms with Gasteiger partial charge in [0.2, 0.25) is 5.91 Å². The molecule has 0 bridgehead atoms. The molecule has 0 aliphatic rings. The summed E-state index contributed by atoms with van der Waals surface area (Å²) < 4.78 is 1.43. The molecule has 0 unspecified atom stereocenters. The van der Waals surface area contributed by atoms with Crippen molar-refractivity contribution in [1.29, 1.82) is 0 Å². The second-order valence-corrected chi connectivity index (χ2v) is 7.05. The fourth-order valence-corrected chi connectivity index (χ4v) is 2.54. The van der Waals surface area contributed by atoms with Crippen molar-refractivity contribution < 1.29 is 19.8 Å². The average Bonchev–Trinajstić information content (AvgIpc) is 2.63. The maximum Gasteiger partial charge on any atom is 0.265 e. The monoisotopic (exact) mass is 496 g/mol. The van der Waals surface area contributed by atoms with Crippen LogP contribution in [0.2, 0.25) is 0 Å². The number of hydrazone groups is 1. The quantitative estimate of drug-likeness (QED) is 0.315. The highest BCUT2D eigenvalue weighted by Gasteiger charge is 2.07. The topological polar surface area (TPSA) is 124 Å². The summed E-state index contributed by atoms with van der Waals surface area (Å²) in [6, 6.07) is 9.32. The van der Waals surface area contributed by atoms with Gasteiger partial charge in [0.05, 0.1) is 6.21 Å². The van der Waals surface area contributed by atoms with E-state index in [9.17, 15) is 19.8 Å². The number of hydrogen-bond donors (Lipinski definition) is 3. The van der Waals surface area contributed by atoms with E-state index in [1.54, 1.807) is 18.2 Å². The molecule has 140 valence electrons. The van der Waals surface area contributed by atoms with Crippen LogP contribution in [0.1, 0.15) is 18.4 Å². The number of amides is 2. The van der Waals surface area contributed by atoms with Crippen LogP contribution >= 0.6 is 31.9 Å². The van der Waals surface area contributed by atoms with Gasteiger partial charge in [-0.2, -0.15) is 5.10 Å².